The van der Waals surface area contributed by atoms with E-state index in [2.05, 4.69) is 19.7 Å². The van der Waals surface area contributed by atoms with Gasteiger partial charge in [-0.3, -0.25) is 13.8 Å². The van der Waals surface area contributed by atoms with Crippen LogP contribution in [0.3, 0.4) is 0 Å². The van der Waals surface area contributed by atoms with Crippen molar-refractivity contribution in [2.24, 2.45) is 11.8 Å². The normalized spacial score (nSPS) is 17.9. The Labute approximate surface area is 399 Å². The van der Waals surface area contributed by atoms with Gasteiger partial charge >= 0.3 is 13.2 Å². The lowest BCUT2D eigenvalue weighted by molar-refractivity contribution is -0.0509. The molecule has 0 aliphatic heterocycles. The van der Waals surface area contributed by atoms with Crippen molar-refractivity contribution in [3.05, 3.63) is 95.6 Å². The van der Waals surface area contributed by atoms with Gasteiger partial charge in [0.15, 0.2) is 11.6 Å². The zero-order valence-corrected chi connectivity index (χ0v) is 40.0. The van der Waals surface area contributed by atoms with E-state index in [-0.39, 0.29) is 73.0 Å². The first kappa shape index (κ1) is 51.7. The first-order valence-electron chi connectivity index (χ1n) is 22.0. The maximum absolute atomic E-state index is 13.4. The fraction of sp³-hybridized carbons (Fsp3) is 0.429. The maximum Gasteiger partial charge on any atom is 0.387 e. The van der Waals surface area contributed by atoms with E-state index in [4.69, 9.17) is 13.7 Å². The van der Waals surface area contributed by atoms with Crippen molar-refractivity contribution < 1.29 is 72.6 Å². The molecule has 70 heavy (non-hydrogen) atoms. The van der Waals surface area contributed by atoms with Crippen LogP contribution in [0.4, 0.5) is 26.3 Å². The lowest BCUT2D eigenvalue weighted by atomic mass is 9.86. The number of methoxy groups -OCH3 is 2. The fourth-order valence-corrected chi connectivity index (χ4v) is 8.42. The van der Waals surface area contributed by atoms with Crippen LogP contribution in [-0.2, 0) is 25.1 Å². The molecule has 2 aliphatic carbocycles. The number of hydrogen-bond donors (Lipinski definition) is 1. The molecular formula is C49H52F6N4O10S. The molecule has 2 aliphatic rings. The number of ketones is 2. The second-order valence-corrected chi connectivity index (χ2v) is 20.3. The van der Waals surface area contributed by atoms with Gasteiger partial charge in [0.2, 0.25) is 0 Å². The van der Waals surface area contributed by atoms with Crippen molar-refractivity contribution in [1.82, 2.24) is 19.2 Å². The minimum atomic E-state index is -3.62. The highest BCUT2D eigenvalue weighted by molar-refractivity contribution is 7.86. The number of nitrogens with zero attached hydrogens (tertiary/aromatic N) is 4. The summed E-state index contributed by atoms with van der Waals surface area (Å²) in [4.78, 5) is 25.6. The van der Waals surface area contributed by atoms with E-state index in [0.29, 0.717) is 33.3 Å². The third-order valence-corrected chi connectivity index (χ3v) is 12.9. The number of fused-ring (bicyclic) bond motifs is 2. The Bertz CT molecular complexity index is 3030. The van der Waals surface area contributed by atoms with Crippen molar-refractivity contribution in [1.29, 1.82) is 0 Å². The number of pyridine rings is 2. The van der Waals surface area contributed by atoms with Gasteiger partial charge in [0.25, 0.3) is 10.1 Å². The molecule has 0 amide bonds. The van der Waals surface area contributed by atoms with E-state index in [1.54, 1.807) is 45.8 Å². The summed E-state index contributed by atoms with van der Waals surface area (Å²) in [5, 5.41) is 18.4. The predicted molar refractivity (Wildman–Crippen MR) is 245 cm³/mol. The summed E-state index contributed by atoms with van der Waals surface area (Å²) in [5.74, 6) is -2.46. The molecule has 2 fully saturated rings. The summed E-state index contributed by atoms with van der Waals surface area (Å²) >= 11 is 0. The maximum atomic E-state index is 13.4. The van der Waals surface area contributed by atoms with Crippen LogP contribution in [-0.4, -0.2) is 104 Å². The number of rotatable bonds is 20. The Hall–Kier alpha value is -6.19. The van der Waals surface area contributed by atoms with Gasteiger partial charge in [-0.05, 0) is 71.5 Å². The molecule has 4 heterocycles. The van der Waals surface area contributed by atoms with Crippen molar-refractivity contribution in [2.45, 2.75) is 89.8 Å². The number of Topliss-reactive ketones (excluding diaryl/α,β-unsaturated/α-hetero) is 2. The molecule has 0 saturated heterocycles. The molecule has 376 valence electrons. The highest BCUT2D eigenvalue weighted by atomic mass is 32.2. The lowest BCUT2D eigenvalue weighted by Crippen LogP contribution is -2.26. The monoisotopic (exact) mass is 1000 g/mol. The van der Waals surface area contributed by atoms with Gasteiger partial charge in [-0.15, -0.1) is 0 Å². The van der Waals surface area contributed by atoms with Crippen LogP contribution in [0, 0.1) is 11.8 Å². The van der Waals surface area contributed by atoms with Gasteiger partial charge in [0, 0.05) is 59.0 Å². The second kappa shape index (κ2) is 20.3. The van der Waals surface area contributed by atoms with Crippen molar-refractivity contribution in [3.8, 4) is 45.3 Å². The number of halogens is 6. The van der Waals surface area contributed by atoms with Crippen LogP contribution >= 0.6 is 0 Å². The highest BCUT2D eigenvalue weighted by Crippen LogP contribution is 2.44. The van der Waals surface area contributed by atoms with Crippen LogP contribution in [0.15, 0.2) is 73.3 Å². The molecule has 4 atom stereocenters. The Kier molecular flexibility index (Phi) is 15.0. The molecule has 2 aromatic carbocycles. The standard InChI is InChI=1S/C25H27F3N2O6S.C24H25F3N2O4/c1-25(2,13-35-37(4,32)33)16-5-6-19-17(11-29-30(19)12-16)14-9-21(34-3)23(22(10-14)36-24(27)28)20(31)8-15-7-18(15)26;1-24(2,12-30)15-4-5-18-16(10-28-29(18)11-15)13-8-20(32-3)22(21(9-13)33-23(26)27)19(31)7-14-6-17(14)25/h5-6,9-12,15,18,24H,7-8,13H2,1-4H3;4-5,8-11,14,17,23,30H,6-7,12H2,1-3H3/t15-,18-;14-,17-/m00/s1. The SMILES string of the molecule is COc1cc(-c2cnn3cc(C(C)(C)CO)ccc23)cc(OC(F)F)c1C(=O)C[C@@H]1C[C@@H]1F.COc1cc(-c2cnn3cc(C(C)(C)COS(C)(=O)=O)ccc23)cc(OC(F)F)c1C(=O)C[C@@H]1C[C@@H]1F. The summed E-state index contributed by atoms with van der Waals surface area (Å²) in [6.07, 6.45) is 5.81. The van der Waals surface area contributed by atoms with E-state index >= 15 is 0 Å². The predicted octanol–water partition coefficient (Wildman–Crippen LogP) is 9.61. The molecule has 0 radical (unpaired) electrons. The molecule has 21 heteroatoms. The van der Waals surface area contributed by atoms with Gasteiger partial charge in [-0.25, -0.2) is 17.8 Å². The van der Waals surface area contributed by atoms with Crippen LogP contribution in [0.1, 0.15) is 85.2 Å². The lowest BCUT2D eigenvalue weighted by Gasteiger charge is -2.24. The van der Waals surface area contributed by atoms with Crippen LogP contribution in [0.25, 0.3) is 33.3 Å². The summed E-state index contributed by atoms with van der Waals surface area (Å²) in [6.45, 7) is 0.993. The Morgan fingerprint density at radius 1 is 0.700 bits per heavy atom. The van der Waals surface area contributed by atoms with Crippen LogP contribution < -0.4 is 18.9 Å². The minimum absolute atomic E-state index is 0.0317. The second-order valence-electron chi connectivity index (χ2n) is 18.6. The first-order valence-corrected chi connectivity index (χ1v) is 23.8. The summed E-state index contributed by atoms with van der Waals surface area (Å²) < 4.78 is 131. The van der Waals surface area contributed by atoms with E-state index in [0.717, 1.165) is 17.4 Å². The third-order valence-electron chi connectivity index (χ3n) is 12.4. The molecule has 4 aromatic heterocycles. The largest absolute Gasteiger partial charge is 0.496 e. The van der Waals surface area contributed by atoms with Gasteiger partial charge in [0.05, 0.1) is 57.1 Å². The van der Waals surface area contributed by atoms with Crippen LogP contribution in [0.2, 0.25) is 0 Å². The number of benzene rings is 2. The molecule has 0 bridgehead atoms. The van der Waals surface area contributed by atoms with Gasteiger partial charge in [-0.1, -0.05) is 39.8 Å². The minimum Gasteiger partial charge on any atom is -0.496 e. The topological polar surface area (TPSA) is 169 Å². The van der Waals surface area contributed by atoms with Crippen molar-refractivity contribution in [3.63, 3.8) is 0 Å². The number of aliphatic hydroxyl groups is 1. The molecule has 14 nitrogen and oxygen atoms in total. The van der Waals surface area contributed by atoms with E-state index in [1.165, 1.54) is 38.6 Å². The first-order chi connectivity index (χ1) is 32.9. The molecular weight excluding hydrogens is 951 g/mol. The van der Waals surface area contributed by atoms with E-state index in [9.17, 15) is 49.5 Å². The van der Waals surface area contributed by atoms with Gasteiger partial charge in [0.1, 0.15) is 46.5 Å². The Balaban J connectivity index is 0.000000208. The average Bonchev–Trinajstić information content (AvgIpc) is 4.03. The number of carbonyl (C=O) groups is 2. The van der Waals surface area contributed by atoms with Gasteiger partial charge < -0.3 is 24.1 Å². The fourth-order valence-electron chi connectivity index (χ4n) is 7.91. The molecule has 0 spiro atoms. The van der Waals surface area contributed by atoms with Crippen LogP contribution in [0.5, 0.6) is 23.0 Å². The zero-order chi connectivity index (χ0) is 51.0. The van der Waals surface area contributed by atoms with Crippen molar-refractivity contribution >= 4 is 32.7 Å². The zero-order valence-electron chi connectivity index (χ0n) is 39.2. The number of aromatic nitrogens is 4. The molecule has 8 rings (SSSR count). The smallest absolute Gasteiger partial charge is 0.387 e. The third kappa shape index (κ3) is 11.7. The quantitative estimate of drug-likeness (QED) is 0.0437. The highest BCUT2D eigenvalue weighted by Gasteiger charge is 2.41. The number of carbonyl (C=O) groups excluding carboxylic acids is 2. The molecule has 1 N–H and O–H groups in total. The number of hydrogen-bond acceptors (Lipinski definition) is 12. The summed E-state index contributed by atoms with van der Waals surface area (Å²) in [5.41, 5.74) is 3.59. The molecule has 0 unspecified atom stereocenters. The average molecular weight is 1000 g/mol. The summed E-state index contributed by atoms with van der Waals surface area (Å²) in [6, 6.07) is 13.0. The Morgan fingerprint density at radius 2 is 1.09 bits per heavy atom. The molecule has 2 saturated carbocycles. The van der Waals surface area contributed by atoms with E-state index < -0.39 is 69.9 Å². The molecule has 6 aromatic rings. The van der Waals surface area contributed by atoms with Gasteiger partial charge in [-0.2, -0.15) is 36.2 Å². The Morgan fingerprint density at radius 3 is 1.43 bits per heavy atom. The number of ether oxygens (including phenoxy) is 4. The summed E-state index contributed by atoms with van der Waals surface area (Å²) in [7, 11) is -0.982. The number of aliphatic hydroxyl groups excluding tert-OH is 1. The van der Waals surface area contributed by atoms with E-state index in [1.807, 2.05) is 39.8 Å². The van der Waals surface area contributed by atoms with Crippen molar-refractivity contribution in [2.75, 3.05) is 33.7 Å². The number of alkyl halides is 6.